The summed E-state index contributed by atoms with van der Waals surface area (Å²) < 4.78 is 6.22. The summed E-state index contributed by atoms with van der Waals surface area (Å²) in [6, 6.07) is 1.80. The van der Waals surface area contributed by atoms with Crippen molar-refractivity contribution in [3.63, 3.8) is 0 Å². The second-order valence-corrected chi connectivity index (χ2v) is 6.66. The Hall–Kier alpha value is -0.350. The quantitative estimate of drug-likeness (QED) is 0.730. The minimum Gasteiger partial charge on any atom is -0.456 e. The first-order chi connectivity index (χ1) is 6.29. The fourth-order valence-electron chi connectivity index (χ4n) is 0.982. The Morgan fingerprint density at radius 2 is 2.07 bits per heavy atom. The molecule has 78 valence electrons. The Morgan fingerprint density at radius 3 is 2.43 bits per heavy atom. The number of thiophene rings is 1. The maximum atomic E-state index is 11.7. The summed E-state index contributed by atoms with van der Waals surface area (Å²) in [5.74, 6) is -0.253. The molecule has 1 heterocycles. The molecule has 1 rings (SSSR count). The highest BCUT2D eigenvalue weighted by Crippen LogP contribution is 2.27. The van der Waals surface area contributed by atoms with Gasteiger partial charge in [-0.1, -0.05) is 0 Å². The van der Waals surface area contributed by atoms with Crippen LogP contribution in [-0.2, 0) is 4.74 Å². The minimum absolute atomic E-state index is 0.253. The number of carbonyl (C=O) groups is 1. The number of esters is 1. The summed E-state index contributed by atoms with van der Waals surface area (Å²) in [5, 5.41) is 0. The molecule has 0 saturated heterocycles. The highest BCUT2D eigenvalue weighted by atomic mass is 79.9. The second-order valence-electron chi connectivity index (χ2n) is 4.02. The van der Waals surface area contributed by atoms with E-state index in [0.717, 1.165) is 8.66 Å². The molecule has 0 atom stereocenters. The van der Waals surface area contributed by atoms with Crippen molar-refractivity contribution in [2.24, 2.45) is 0 Å². The standard InChI is InChI=1S/C10H13BrO2S/c1-6-7(5-8(11)14-6)9(12)13-10(2,3)4/h5H,1-4H3. The molecule has 1 aromatic heterocycles. The summed E-state index contributed by atoms with van der Waals surface area (Å²) in [6.07, 6.45) is 0. The zero-order chi connectivity index (χ0) is 10.9. The van der Waals surface area contributed by atoms with Crippen LogP contribution in [-0.4, -0.2) is 11.6 Å². The van der Waals surface area contributed by atoms with E-state index in [2.05, 4.69) is 15.9 Å². The average molecular weight is 277 g/mol. The smallest absolute Gasteiger partial charge is 0.339 e. The van der Waals surface area contributed by atoms with E-state index >= 15 is 0 Å². The average Bonchev–Trinajstić information content (AvgIpc) is 2.26. The van der Waals surface area contributed by atoms with Gasteiger partial charge in [0, 0.05) is 4.88 Å². The monoisotopic (exact) mass is 276 g/mol. The van der Waals surface area contributed by atoms with Crippen molar-refractivity contribution in [2.45, 2.75) is 33.3 Å². The molecule has 14 heavy (non-hydrogen) atoms. The molecule has 0 spiro atoms. The molecule has 0 N–H and O–H groups in total. The number of halogens is 1. The molecule has 0 unspecified atom stereocenters. The predicted molar refractivity (Wildman–Crippen MR) is 61.9 cm³/mol. The molecule has 0 aliphatic carbocycles. The van der Waals surface area contributed by atoms with Crippen molar-refractivity contribution < 1.29 is 9.53 Å². The van der Waals surface area contributed by atoms with E-state index < -0.39 is 5.60 Å². The predicted octanol–water partition coefficient (Wildman–Crippen LogP) is 3.77. The van der Waals surface area contributed by atoms with Crippen LogP contribution < -0.4 is 0 Å². The fourth-order valence-corrected chi connectivity index (χ4v) is 2.66. The molecular weight excluding hydrogens is 264 g/mol. The molecule has 0 saturated carbocycles. The molecule has 4 heteroatoms. The Morgan fingerprint density at radius 1 is 1.50 bits per heavy atom. The lowest BCUT2D eigenvalue weighted by Gasteiger charge is -2.19. The van der Waals surface area contributed by atoms with Gasteiger partial charge in [-0.05, 0) is 49.7 Å². The lowest BCUT2D eigenvalue weighted by atomic mass is 10.2. The van der Waals surface area contributed by atoms with E-state index in [1.165, 1.54) is 11.3 Å². The largest absolute Gasteiger partial charge is 0.456 e. The fraction of sp³-hybridized carbons (Fsp3) is 0.500. The van der Waals surface area contributed by atoms with Gasteiger partial charge in [-0.25, -0.2) is 4.79 Å². The van der Waals surface area contributed by atoms with Gasteiger partial charge in [-0.3, -0.25) is 0 Å². The number of carbonyl (C=O) groups excluding carboxylic acids is 1. The van der Waals surface area contributed by atoms with Crippen LogP contribution in [0.25, 0.3) is 0 Å². The van der Waals surface area contributed by atoms with Gasteiger partial charge >= 0.3 is 5.97 Å². The van der Waals surface area contributed by atoms with Gasteiger partial charge < -0.3 is 4.74 Å². The molecule has 0 bridgehead atoms. The first kappa shape index (κ1) is 11.7. The zero-order valence-electron chi connectivity index (χ0n) is 8.68. The molecule has 0 aliphatic rings. The Labute approximate surface area is 96.4 Å². The van der Waals surface area contributed by atoms with E-state index in [1.807, 2.05) is 27.7 Å². The lowest BCUT2D eigenvalue weighted by Crippen LogP contribution is -2.23. The highest BCUT2D eigenvalue weighted by Gasteiger charge is 2.20. The Bertz CT molecular complexity index is 349. The third-order valence-electron chi connectivity index (χ3n) is 1.51. The molecule has 0 radical (unpaired) electrons. The third-order valence-corrected chi connectivity index (χ3v) is 3.06. The van der Waals surface area contributed by atoms with Crippen LogP contribution in [0.15, 0.2) is 9.85 Å². The van der Waals surface area contributed by atoms with Gasteiger partial charge in [0.25, 0.3) is 0 Å². The van der Waals surface area contributed by atoms with Crippen molar-refractivity contribution in [3.05, 3.63) is 20.3 Å². The topological polar surface area (TPSA) is 26.3 Å². The van der Waals surface area contributed by atoms with Gasteiger partial charge in [0.05, 0.1) is 9.35 Å². The summed E-state index contributed by atoms with van der Waals surface area (Å²) in [5.41, 5.74) is 0.217. The maximum absolute atomic E-state index is 11.7. The minimum atomic E-state index is -0.433. The SMILES string of the molecule is Cc1sc(Br)cc1C(=O)OC(C)(C)C. The number of ether oxygens (including phenoxy) is 1. The Kier molecular flexibility index (Phi) is 3.37. The van der Waals surface area contributed by atoms with Gasteiger partial charge in [0.1, 0.15) is 5.60 Å². The van der Waals surface area contributed by atoms with E-state index in [9.17, 15) is 4.79 Å². The summed E-state index contributed by atoms with van der Waals surface area (Å²) in [6.45, 7) is 7.50. The van der Waals surface area contributed by atoms with E-state index in [-0.39, 0.29) is 5.97 Å². The van der Waals surface area contributed by atoms with Gasteiger partial charge in [-0.15, -0.1) is 11.3 Å². The van der Waals surface area contributed by atoms with E-state index in [1.54, 1.807) is 6.07 Å². The number of hydrogen-bond donors (Lipinski definition) is 0. The van der Waals surface area contributed by atoms with Crippen molar-refractivity contribution in [1.29, 1.82) is 0 Å². The number of aryl methyl sites for hydroxylation is 1. The molecule has 0 aromatic carbocycles. The van der Waals surface area contributed by atoms with Crippen LogP contribution in [0.1, 0.15) is 36.0 Å². The Balaban J connectivity index is 2.85. The van der Waals surface area contributed by atoms with E-state index in [0.29, 0.717) is 5.56 Å². The normalized spacial score (nSPS) is 11.5. The van der Waals surface area contributed by atoms with E-state index in [4.69, 9.17) is 4.74 Å². The first-order valence-electron chi connectivity index (χ1n) is 4.29. The van der Waals surface area contributed by atoms with Gasteiger partial charge in [0.2, 0.25) is 0 Å². The summed E-state index contributed by atoms with van der Waals surface area (Å²) in [7, 11) is 0. The van der Waals surface area contributed by atoms with Crippen LogP contribution in [0.5, 0.6) is 0 Å². The molecule has 2 nitrogen and oxygen atoms in total. The molecule has 0 aliphatic heterocycles. The van der Waals surface area contributed by atoms with Gasteiger partial charge in [0.15, 0.2) is 0 Å². The van der Waals surface area contributed by atoms with Crippen LogP contribution in [0.2, 0.25) is 0 Å². The summed E-state index contributed by atoms with van der Waals surface area (Å²) in [4.78, 5) is 12.6. The van der Waals surface area contributed by atoms with Gasteiger partial charge in [-0.2, -0.15) is 0 Å². The molecule has 0 fully saturated rings. The lowest BCUT2D eigenvalue weighted by molar-refractivity contribution is 0.00694. The van der Waals surface area contributed by atoms with Crippen molar-refractivity contribution >= 4 is 33.2 Å². The summed E-state index contributed by atoms with van der Waals surface area (Å²) >= 11 is 4.88. The maximum Gasteiger partial charge on any atom is 0.339 e. The first-order valence-corrected chi connectivity index (χ1v) is 5.90. The highest BCUT2D eigenvalue weighted by molar-refractivity contribution is 9.11. The van der Waals surface area contributed by atoms with Crippen molar-refractivity contribution in [1.82, 2.24) is 0 Å². The zero-order valence-corrected chi connectivity index (χ0v) is 11.1. The van der Waals surface area contributed by atoms with Crippen LogP contribution >= 0.6 is 27.3 Å². The van der Waals surface area contributed by atoms with Crippen molar-refractivity contribution in [2.75, 3.05) is 0 Å². The molecule has 1 aromatic rings. The second kappa shape index (κ2) is 4.03. The van der Waals surface area contributed by atoms with Crippen molar-refractivity contribution in [3.8, 4) is 0 Å². The number of hydrogen-bond acceptors (Lipinski definition) is 3. The van der Waals surface area contributed by atoms with Crippen LogP contribution in [0.3, 0.4) is 0 Å². The van der Waals surface area contributed by atoms with Crippen LogP contribution in [0.4, 0.5) is 0 Å². The molecular formula is C10H13BrO2S. The van der Waals surface area contributed by atoms with Crippen LogP contribution in [0, 0.1) is 6.92 Å². The molecule has 0 amide bonds. The third kappa shape index (κ3) is 3.10. The number of rotatable bonds is 1.